The van der Waals surface area contributed by atoms with Crippen LogP contribution in [0.25, 0.3) is 0 Å². The van der Waals surface area contributed by atoms with Crippen molar-refractivity contribution in [3.63, 3.8) is 0 Å². The van der Waals surface area contributed by atoms with Crippen LogP contribution in [0.3, 0.4) is 0 Å². The number of aromatic nitrogens is 3. The maximum atomic E-state index is 5.53. The molecule has 0 spiro atoms. The van der Waals surface area contributed by atoms with Crippen molar-refractivity contribution in [2.45, 2.75) is 6.54 Å². The molecule has 0 fully saturated rings. The van der Waals surface area contributed by atoms with Gasteiger partial charge in [-0.15, -0.1) is 0 Å². The summed E-state index contributed by atoms with van der Waals surface area (Å²) in [4.78, 5) is 14.2. The molecule has 5 nitrogen and oxygen atoms in total. The third kappa shape index (κ3) is 2.44. The Labute approximate surface area is 94.0 Å². The maximum Gasteiger partial charge on any atom is 0.221 e. The first-order valence-electron chi connectivity index (χ1n) is 4.95. The van der Waals surface area contributed by atoms with Crippen molar-refractivity contribution in [1.82, 2.24) is 15.0 Å². The minimum atomic E-state index is 0.283. The highest BCUT2D eigenvalue weighted by Gasteiger charge is 2.04. The van der Waals surface area contributed by atoms with E-state index in [4.69, 9.17) is 5.73 Å². The molecule has 0 aliphatic carbocycles. The quantitative estimate of drug-likeness (QED) is 0.830. The summed E-state index contributed by atoms with van der Waals surface area (Å²) in [5.74, 6) is 1.07. The van der Waals surface area contributed by atoms with Gasteiger partial charge in [-0.3, -0.25) is 4.98 Å². The first kappa shape index (κ1) is 10.4. The Kier molecular flexibility index (Phi) is 2.95. The van der Waals surface area contributed by atoms with Crippen molar-refractivity contribution in [3.8, 4) is 0 Å². The average molecular weight is 215 g/mol. The van der Waals surface area contributed by atoms with E-state index in [-0.39, 0.29) is 5.95 Å². The van der Waals surface area contributed by atoms with E-state index >= 15 is 0 Å². The van der Waals surface area contributed by atoms with Gasteiger partial charge in [-0.1, -0.05) is 6.07 Å². The van der Waals surface area contributed by atoms with E-state index < -0.39 is 0 Å². The second-order valence-electron chi connectivity index (χ2n) is 3.45. The Hall–Kier alpha value is -2.17. The fourth-order valence-electron chi connectivity index (χ4n) is 1.39. The highest BCUT2D eigenvalue weighted by atomic mass is 15.2. The van der Waals surface area contributed by atoms with E-state index in [1.54, 1.807) is 12.4 Å². The lowest BCUT2D eigenvalue weighted by atomic mass is 10.3. The standard InChI is InChI=1S/C11H13N5/c1-16(8-9-4-2-3-6-13-9)10-5-7-14-11(12)15-10/h2-7H,8H2,1H3,(H2,12,14,15). The van der Waals surface area contributed by atoms with Crippen LogP contribution >= 0.6 is 0 Å². The van der Waals surface area contributed by atoms with Crippen LogP contribution in [0.5, 0.6) is 0 Å². The largest absolute Gasteiger partial charge is 0.368 e. The molecule has 0 aromatic carbocycles. The van der Waals surface area contributed by atoms with Gasteiger partial charge in [0, 0.05) is 19.4 Å². The molecule has 2 heterocycles. The molecule has 2 rings (SSSR count). The third-order valence-corrected chi connectivity index (χ3v) is 2.18. The first-order chi connectivity index (χ1) is 7.75. The molecule has 0 unspecified atom stereocenters. The molecule has 0 radical (unpaired) electrons. The molecule has 0 saturated carbocycles. The van der Waals surface area contributed by atoms with E-state index in [1.165, 1.54) is 0 Å². The fraction of sp³-hybridized carbons (Fsp3) is 0.182. The van der Waals surface area contributed by atoms with Gasteiger partial charge >= 0.3 is 0 Å². The number of pyridine rings is 1. The molecule has 0 aliphatic heterocycles. The van der Waals surface area contributed by atoms with Gasteiger partial charge in [0.1, 0.15) is 5.82 Å². The number of anilines is 2. The summed E-state index contributed by atoms with van der Waals surface area (Å²) >= 11 is 0. The summed E-state index contributed by atoms with van der Waals surface area (Å²) in [6, 6.07) is 7.65. The Morgan fingerprint density at radius 3 is 2.75 bits per heavy atom. The van der Waals surface area contributed by atoms with Gasteiger partial charge in [-0.2, -0.15) is 4.98 Å². The lowest BCUT2D eigenvalue weighted by Gasteiger charge is -2.17. The van der Waals surface area contributed by atoms with Gasteiger partial charge < -0.3 is 10.6 Å². The lowest BCUT2D eigenvalue weighted by molar-refractivity contribution is 0.863. The number of hydrogen-bond acceptors (Lipinski definition) is 5. The molecule has 2 aromatic rings. The summed E-state index contributed by atoms with van der Waals surface area (Å²) in [6.45, 7) is 0.692. The molecule has 2 N–H and O–H groups in total. The molecule has 82 valence electrons. The average Bonchev–Trinajstić information content (AvgIpc) is 2.30. The summed E-state index contributed by atoms with van der Waals surface area (Å²) in [6.07, 6.45) is 3.42. The van der Waals surface area contributed by atoms with Gasteiger partial charge in [0.25, 0.3) is 0 Å². The van der Waals surface area contributed by atoms with Crippen LogP contribution < -0.4 is 10.6 Å². The normalized spacial score (nSPS) is 10.1. The van der Waals surface area contributed by atoms with Crippen LogP contribution in [0, 0.1) is 0 Å². The smallest absolute Gasteiger partial charge is 0.221 e. The summed E-state index contributed by atoms with van der Waals surface area (Å²) in [7, 11) is 1.94. The second-order valence-corrected chi connectivity index (χ2v) is 3.45. The zero-order valence-electron chi connectivity index (χ0n) is 9.04. The summed E-state index contributed by atoms with van der Waals surface area (Å²) in [5.41, 5.74) is 6.51. The third-order valence-electron chi connectivity index (χ3n) is 2.18. The lowest BCUT2D eigenvalue weighted by Crippen LogP contribution is -2.18. The van der Waals surface area contributed by atoms with Crippen LogP contribution in [0.1, 0.15) is 5.69 Å². The fourth-order valence-corrected chi connectivity index (χ4v) is 1.39. The van der Waals surface area contributed by atoms with Crippen molar-refractivity contribution in [2.24, 2.45) is 0 Å². The number of nitrogens with two attached hydrogens (primary N) is 1. The molecular formula is C11H13N5. The van der Waals surface area contributed by atoms with E-state index in [0.29, 0.717) is 6.54 Å². The van der Waals surface area contributed by atoms with Crippen LogP contribution in [0.4, 0.5) is 11.8 Å². The van der Waals surface area contributed by atoms with Gasteiger partial charge in [0.2, 0.25) is 5.95 Å². The summed E-state index contributed by atoms with van der Waals surface area (Å²) < 4.78 is 0. The molecular weight excluding hydrogens is 202 g/mol. The second kappa shape index (κ2) is 4.57. The summed E-state index contributed by atoms with van der Waals surface area (Å²) in [5, 5.41) is 0. The Balaban J connectivity index is 2.12. The Morgan fingerprint density at radius 2 is 2.06 bits per heavy atom. The van der Waals surface area contributed by atoms with Gasteiger partial charge in [-0.05, 0) is 18.2 Å². The van der Waals surface area contributed by atoms with E-state index in [1.807, 2.05) is 36.2 Å². The minimum absolute atomic E-state index is 0.283. The van der Waals surface area contributed by atoms with Crippen molar-refractivity contribution >= 4 is 11.8 Å². The number of hydrogen-bond donors (Lipinski definition) is 1. The molecule has 0 amide bonds. The number of rotatable bonds is 3. The molecule has 0 aliphatic rings. The monoisotopic (exact) mass is 215 g/mol. The van der Waals surface area contributed by atoms with Crippen molar-refractivity contribution in [2.75, 3.05) is 17.7 Å². The van der Waals surface area contributed by atoms with Crippen LogP contribution in [-0.2, 0) is 6.54 Å². The van der Waals surface area contributed by atoms with Crippen molar-refractivity contribution in [3.05, 3.63) is 42.4 Å². The SMILES string of the molecule is CN(Cc1ccccn1)c1ccnc(N)n1. The predicted octanol–water partition coefficient (Wildman–Crippen LogP) is 1.09. The molecule has 0 saturated heterocycles. The number of nitrogen functional groups attached to an aromatic ring is 1. The predicted molar refractivity (Wildman–Crippen MR) is 62.8 cm³/mol. The molecule has 0 atom stereocenters. The van der Waals surface area contributed by atoms with Gasteiger partial charge in [-0.25, -0.2) is 4.98 Å². The van der Waals surface area contributed by atoms with E-state index in [2.05, 4.69) is 15.0 Å². The highest BCUT2D eigenvalue weighted by Crippen LogP contribution is 2.11. The number of nitrogens with zero attached hydrogens (tertiary/aromatic N) is 4. The molecule has 0 bridgehead atoms. The van der Waals surface area contributed by atoms with Gasteiger partial charge in [0.15, 0.2) is 0 Å². The Morgan fingerprint density at radius 1 is 1.19 bits per heavy atom. The molecule has 5 heteroatoms. The molecule has 16 heavy (non-hydrogen) atoms. The van der Waals surface area contributed by atoms with Gasteiger partial charge in [0.05, 0.1) is 12.2 Å². The van der Waals surface area contributed by atoms with Crippen LogP contribution in [-0.4, -0.2) is 22.0 Å². The van der Waals surface area contributed by atoms with E-state index in [9.17, 15) is 0 Å². The van der Waals surface area contributed by atoms with Crippen LogP contribution in [0.15, 0.2) is 36.7 Å². The molecule has 2 aromatic heterocycles. The highest BCUT2D eigenvalue weighted by molar-refractivity contribution is 5.40. The topological polar surface area (TPSA) is 67.9 Å². The minimum Gasteiger partial charge on any atom is -0.368 e. The zero-order chi connectivity index (χ0) is 11.4. The first-order valence-corrected chi connectivity index (χ1v) is 4.95. The zero-order valence-corrected chi connectivity index (χ0v) is 9.04. The van der Waals surface area contributed by atoms with Crippen LogP contribution in [0.2, 0.25) is 0 Å². The van der Waals surface area contributed by atoms with E-state index in [0.717, 1.165) is 11.5 Å². The van der Waals surface area contributed by atoms with Crippen molar-refractivity contribution in [1.29, 1.82) is 0 Å². The van der Waals surface area contributed by atoms with Crippen molar-refractivity contribution < 1.29 is 0 Å². The maximum absolute atomic E-state index is 5.53. The Bertz CT molecular complexity index is 457.